The minimum absolute atomic E-state index is 0.0476. The van der Waals surface area contributed by atoms with E-state index in [1.807, 2.05) is 24.3 Å². The van der Waals surface area contributed by atoms with Crippen LogP contribution < -0.4 is 10.1 Å². The van der Waals surface area contributed by atoms with E-state index in [1.165, 1.54) is 18.9 Å². The molecule has 5 nitrogen and oxygen atoms in total. The monoisotopic (exact) mass is 325 g/mol. The zero-order chi connectivity index (χ0) is 16.9. The lowest BCUT2D eigenvalue weighted by Crippen LogP contribution is -2.23. The summed E-state index contributed by atoms with van der Waals surface area (Å²) < 4.78 is 5.19. The maximum Gasteiger partial charge on any atom is 0.221 e. The van der Waals surface area contributed by atoms with Gasteiger partial charge in [-0.2, -0.15) is 0 Å². The molecule has 1 atom stereocenters. The number of anilines is 1. The number of carbonyl (C=O) groups is 1. The molecule has 1 N–H and O–H groups in total. The zero-order valence-corrected chi connectivity index (χ0v) is 14.2. The van der Waals surface area contributed by atoms with Crippen LogP contribution in [0, 0.1) is 0 Å². The second-order valence-electron chi connectivity index (χ2n) is 6.13. The first-order chi connectivity index (χ1) is 11.7. The summed E-state index contributed by atoms with van der Waals surface area (Å²) in [6.07, 6.45) is 4.07. The molecule has 1 aliphatic rings. The van der Waals surface area contributed by atoms with Crippen molar-refractivity contribution in [3.8, 4) is 5.75 Å². The van der Waals surface area contributed by atoms with Gasteiger partial charge in [0.15, 0.2) is 0 Å². The fraction of sp³-hybridized carbons (Fsp3) is 0.368. The fourth-order valence-corrected chi connectivity index (χ4v) is 3.25. The van der Waals surface area contributed by atoms with E-state index in [9.17, 15) is 4.79 Å². The number of nitrogens with one attached hydrogen (secondary N) is 1. The van der Waals surface area contributed by atoms with E-state index in [1.54, 1.807) is 13.3 Å². The molecule has 126 valence electrons. The van der Waals surface area contributed by atoms with Crippen molar-refractivity contribution in [1.82, 2.24) is 9.88 Å². The van der Waals surface area contributed by atoms with Crippen molar-refractivity contribution in [3.63, 3.8) is 0 Å². The average Bonchev–Trinajstić information content (AvgIpc) is 3.03. The van der Waals surface area contributed by atoms with Crippen LogP contribution in [0.4, 0.5) is 5.69 Å². The SMILES string of the molecule is COc1ccc(C2CCCN2Cc2cccc(NC(C)=O)c2)nc1. The molecule has 1 saturated heterocycles. The summed E-state index contributed by atoms with van der Waals surface area (Å²) in [7, 11) is 1.65. The Balaban J connectivity index is 1.72. The van der Waals surface area contributed by atoms with Gasteiger partial charge in [-0.1, -0.05) is 12.1 Å². The number of amides is 1. The molecule has 0 spiro atoms. The summed E-state index contributed by atoms with van der Waals surface area (Å²) >= 11 is 0. The number of aromatic nitrogens is 1. The maximum atomic E-state index is 11.2. The number of benzene rings is 1. The van der Waals surface area contributed by atoms with E-state index < -0.39 is 0 Å². The first-order valence-electron chi connectivity index (χ1n) is 8.26. The Hall–Kier alpha value is -2.40. The number of hydrogen-bond donors (Lipinski definition) is 1. The van der Waals surface area contributed by atoms with Gasteiger partial charge in [-0.25, -0.2) is 0 Å². The molecule has 1 fully saturated rings. The molecule has 0 saturated carbocycles. The van der Waals surface area contributed by atoms with Crippen LogP contribution in [0.15, 0.2) is 42.6 Å². The molecule has 2 aromatic rings. The van der Waals surface area contributed by atoms with Gasteiger partial charge >= 0.3 is 0 Å². The second kappa shape index (κ2) is 7.45. The Bertz CT molecular complexity index is 700. The molecule has 0 bridgehead atoms. The molecule has 1 aromatic heterocycles. The zero-order valence-electron chi connectivity index (χ0n) is 14.2. The number of ether oxygens (including phenoxy) is 1. The number of methoxy groups -OCH3 is 1. The number of likely N-dealkylation sites (tertiary alicyclic amines) is 1. The fourth-order valence-electron chi connectivity index (χ4n) is 3.25. The molecule has 1 amide bonds. The van der Waals surface area contributed by atoms with E-state index in [4.69, 9.17) is 4.74 Å². The van der Waals surface area contributed by atoms with Gasteiger partial charge in [0, 0.05) is 19.2 Å². The van der Waals surface area contributed by atoms with Crippen molar-refractivity contribution in [2.24, 2.45) is 0 Å². The van der Waals surface area contributed by atoms with Crippen molar-refractivity contribution in [3.05, 3.63) is 53.9 Å². The summed E-state index contributed by atoms with van der Waals surface area (Å²) in [4.78, 5) is 18.2. The third kappa shape index (κ3) is 3.92. The smallest absolute Gasteiger partial charge is 0.221 e. The van der Waals surface area contributed by atoms with Crippen LogP contribution in [0.1, 0.15) is 37.1 Å². The Kier molecular flexibility index (Phi) is 5.11. The highest BCUT2D eigenvalue weighted by Gasteiger charge is 2.27. The standard InChI is InChI=1S/C19H23N3O2/c1-14(23)21-16-6-3-5-15(11-16)13-22-10-4-7-19(22)18-9-8-17(24-2)12-20-18/h3,5-6,8-9,11-12,19H,4,7,10,13H2,1-2H3,(H,21,23). The topological polar surface area (TPSA) is 54.5 Å². The molecule has 0 radical (unpaired) electrons. The maximum absolute atomic E-state index is 11.2. The van der Waals surface area contributed by atoms with Crippen molar-refractivity contribution in [2.45, 2.75) is 32.4 Å². The number of nitrogens with zero attached hydrogens (tertiary/aromatic N) is 2. The lowest BCUT2D eigenvalue weighted by atomic mass is 10.1. The summed E-state index contributed by atoms with van der Waals surface area (Å²) in [5.74, 6) is 0.736. The van der Waals surface area contributed by atoms with Crippen molar-refractivity contribution in [1.29, 1.82) is 0 Å². The van der Waals surface area contributed by atoms with Gasteiger partial charge in [-0.05, 0) is 49.2 Å². The highest BCUT2D eigenvalue weighted by atomic mass is 16.5. The van der Waals surface area contributed by atoms with Gasteiger partial charge in [0.25, 0.3) is 0 Å². The molecule has 0 aliphatic carbocycles. The number of carbonyl (C=O) groups excluding carboxylic acids is 1. The van der Waals surface area contributed by atoms with Crippen LogP contribution in [0.2, 0.25) is 0 Å². The van der Waals surface area contributed by atoms with Crippen molar-refractivity contribution >= 4 is 11.6 Å². The number of rotatable bonds is 5. The molecule has 5 heteroatoms. The molecular formula is C19H23N3O2. The Morgan fingerprint density at radius 1 is 1.38 bits per heavy atom. The lowest BCUT2D eigenvalue weighted by Gasteiger charge is -2.24. The van der Waals surface area contributed by atoms with E-state index in [2.05, 4.69) is 27.3 Å². The van der Waals surface area contributed by atoms with Gasteiger partial charge < -0.3 is 10.1 Å². The molecule has 24 heavy (non-hydrogen) atoms. The van der Waals surface area contributed by atoms with Crippen molar-refractivity contribution < 1.29 is 9.53 Å². The molecule has 3 rings (SSSR count). The van der Waals surface area contributed by atoms with E-state index in [0.29, 0.717) is 6.04 Å². The molecule has 2 heterocycles. The van der Waals surface area contributed by atoms with Gasteiger partial charge in [-0.3, -0.25) is 14.7 Å². The van der Waals surface area contributed by atoms with Gasteiger partial charge in [-0.15, -0.1) is 0 Å². The van der Waals surface area contributed by atoms with Crippen LogP contribution in [-0.2, 0) is 11.3 Å². The summed E-state index contributed by atoms with van der Waals surface area (Å²) in [6.45, 7) is 3.44. The van der Waals surface area contributed by atoms with Crippen molar-refractivity contribution in [2.75, 3.05) is 19.0 Å². The van der Waals surface area contributed by atoms with Crippen LogP contribution in [0.5, 0.6) is 5.75 Å². The highest BCUT2D eigenvalue weighted by Crippen LogP contribution is 2.32. The van der Waals surface area contributed by atoms with Crippen LogP contribution >= 0.6 is 0 Å². The van der Waals surface area contributed by atoms with Gasteiger partial charge in [0.1, 0.15) is 5.75 Å². The quantitative estimate of drug-likeness (QED) is 0.915. The Morgan fingerprint density at radius 3 is 2.96 bits per heavy atom. The van der Waals surface area contributed by atoms with E-state index in [0.717, 1.165) is 36.6 Å². The van der Waals surface area contributed by atoms with Crippen LogP contribution in [-0.4, -0.2) is 29.4 Å². The third-order valence-electron chi connectivity index (χ3n) is 4.33. The summed E-state index contributed by atoms with van der Waals surface area (Å²) in [5.41, 5.74) is 3.13. The molecule has 1 aliphatic heterocycles. The van der Waals surface area contributed by atoms with E-state index >= 15 is 0 Å². The minimum atomic E-state index is -0.0476. The molecular weight excluding hydrogens is 302 g/mol. The Labute approximate surface area is 142 Å². The lowest BCUT2D eigenvalue weighted by molar-refractivity contribution is -0.114. The Morgan fingerprint density at radius 2 is 2.25 bits per heavy atom. The first kappa shape index (κ1) is 16.5. The predicted molar refractivity (Wildman–Crippen MR) is 93.9 cm³/mol. The average molecular weight is 325 g/mol. The first-order valence-corrected chi connectivity index (χ1v) is 8.26. The largest absolute Gasteiger partial charge is 0.495 e. The normalized spacial score (nSPS) is 17.7. The second-order valence-corrected chi connectivity index (χ2v) is 6.13. The van der Waals surface area contributed by atoms with E-state index in [-0.39, 0.29) is 5.91 Å². The van der Waals surface area contributed by atoms with Gasteiger partial charge in [0.05, 0.1) is 25.0 Å². The summed E-state index contributed by atoms with van der Waals surface area (Å²) in [5, 5.41) is 2.84. The summed E-state index contributed by atoms with van der Waals surface area (Å²) in [6, 6.07) is 12.4. The number of pyridine rings is 1. The highest BCUT2D eigenvalue weighted by molar-refractivity contribution is 5.88. The van der Waals surface area contributed by atoms with Crippen LogP contribution in [0.3, 0.4) is 0 Å². The van der Waals surface area contributed by atoms with Crippen LogP contribution in [0.25, 0.3) is 0 Å². The molecule has 1 unspecified atom stereocenters. The molecule has 1 aromatic carbocycles. The third-order valence-corrected chi connectivity index (χ3v) is 4.33. The number of hydrogen-bond acceptors (Lipinski definition) is 4. The van der Waals surface area contributed by atoms with Gasteiger partial charge in [0.2, 0.25) is 5.91 Å². The predicted octanol–water partition coefficient (Wildman–Crippen LogP) is 3.39. The minimum Gasteiger partial charge on any atom is -0.495 e.